The Kier molecular flexibility index (Phi) is 4.73. The van der Waals surface area contributed by atoms with Gasteiger partial charge in [0, 0.05) is 22.6 Å². The summed E-state index contributed by atoms with van der Waals surface area (Å²) in [5.41, 5.74) is -0.685. The lowest BCUT2D eigenvalue weighted by molar-refractivity contribution is 0.0320. The summed E-state index contributed by atoms with van der Waals surface area (Å²) in [7, 11) is 1.43. The second kappa shape index (κ2) is 7.51. The van der Waals surface area contributed by atoms with E-state index in [0.717, 1.165) is 28.7 Å². The van der Waals surface area contributed by atoms with Gasteiger partial charge in [-0.1, -0.05) is 6.07 Å². The van der Waals surface area contributed by atoms with Crippen molar-refractivity contribution in [3.05, 3.63) is 89.6 Å². The summed E-state index contributed by atoms with van der Waals surface area (Å²) in [6.45, 7) is 0. The van der Waals surface area contributed by atoms with Crippen LogP contribution in [0.2, 0.25) is 0 Å². The monoisotopic (exact) mass is 456 g/mol. The molecule has 0 unspecified atom stereocenters. The Hall–Kier alpha value is -4.08. The molecular weight excluding hydrogens is 443 g/mol. The molecule has 10 heteroatoms. The lowest BCUT2D eigenvalue weighted by Gasteiger charge is -2.17. The lowest BCUT2D eigenvalue weighted by Crippen LogP contribution is -2.20. The highest BCUT2D eigenvalue weighted by Gasteiger charge is 2.40. The van der Waals surface area contributed by atoms with Gasteiger partial charge in [0.05, 0.1) is 24.5 Å². The summed E-state index contributed by atoms with van der Waals surface area (Å²) in [6.07, 6.45) is 1.46. The predicted octanol–water partition coefficient (Wildman–Crippen LogP) is 5.51. The highest BCUT2D eigenvalue weighted by Crippen LogP contribution is 2.38. The third-order valence-corrected chi connectivity index (χ3v) is 5.20. The Morgan fingerprint density at radius 1 is 0.879 bits per heavy atom. The van der Waals surface area contributed by atoms with Crippen LogP contribution < -0.4 is 4.74 Å². The highest BCUT2D eigenvalue weighted by atomic mass is 19.3. The predicted molar refractivity (Wildman–Crippen MR) is 110 cm³/mol. The molecule has 0 N–H and O–H groups in total. The first-order chi connectivity index (χ1) is 15.8. The minimum Gasteiger partial charge on any atom is -0.495 e. The number of aromatic nitrogens is 4. The number of fused-ring (bicyclic) bond motifs is 2. The van der Waals surface area contributed by atoms with E-state index in [9.17, 15) is 13.2 Å². The van der Waals surface area contributed by atoms with Crippen LogP contribution in [0.25, 0.3) is 27.8 Å². The van der Waals surface area contributed by atoms with Crippen molar-refractivity contribution < 1.29 is 26.7 Å². The van der Waals surface area contributed by atoms with Crippen LogP contribution in [0.4, 0.5) is 22.0 Å². The summed E-state index contributed by atoms with van der Waals surface area (Å²) in [5.74, 6) is -7.02. The summed E-state index contributed by atoms with van der Waals surface area (Å²) in [4.78, 5) is 4.15. The fourth-order valence-electron chi connectivity index (χ4n) is 3.65. The molecule has 3 heterocycles. The molecule has 0 amide bonds. The van der Waals surface area contributed by atoms with Crippen molar-refractivity contribution in [3.8, 4) is 17.0 Å². The topological polar surface area (TPSA) is 52.3 Å². The number of hydrogen-bond acceptors (Lipinski definition) is 4. The minimum absolute atomic E-state index is 0.0817. The van der Waals surface area contributed by atoms with Crippen molar-refractivity contribution >= 4 is 16.6 Å². The molecule has 0 fully saturated rings. The van der Waals surface area contributed by atoms with Crippen molar-refractivity contribution in [2.75, 3.05) is 7.11 Å². The maximum atomic E-state index is 15.7. The van der Waals surface area contributed by atoms with E-state index < -0.39 is 40.4 Å². The fourth-order valence-corrected chi connectivity index (χ4v) is 3.65. The van der Waals surface area contributed by atoms with E-state index in [4.69, 9.17) is 4.74 Å². The van der Waals surface area contributed by atoms with Crippen LogP contribution in [-0.4, -0.2) is 26.7 Å². The van der Waals surface area contributed by atoms with Gasteiger partial charge in [0.1, 0.15) is 17.4 Å². The van der Waals surface area contributed by atoms with Gasteiger partial charge in [-0.05, 0) is 42.5 Å². The highest BCUT2D eigenvalue weighted by molar-refractivity contribution is 5.80. The number of halogens is 5. The van der Waals surface area contributed by atoms with Crippen molar-refractivity contribution in [2.45, 2.75) is 5.92 Å². The number of pyridine rings is 2. The molecule has 2 aromatic carbocycles. The third-order valence-electron chi connectivity index (χ3n) is 5.20. The minimum atomic E-state index is -3.74. The average molecular weight is 456 g/mol. The first-order valence-electron chi connectivity index (χ1n) is 9.60. The normalized spacial score (nSPS) is 11.9. The van der Waals surface area contributed by atoms with Gasteiger partial charge < -0.3 is 4.74 Å². The van der Waals surface area contributed by atoms with E-state index in [2.05, 4.69) is 15.2 Å². The standard InChI is InChI=1S/C23H13F5N4O/c1-33-17-9-12-6-14(2-4-19(12)29-11-17)23(27,28)22-31-30-21-18(26)3-5-20(32(21)22)13-7-15(24)10-16(25)8-13/h2-11H,1H3. The van der Waals surface area contributed by atoms with Gasteiger partial charge in [-0.25, -0.2) is 13.2 Å². The zero-order chi connectivity index (χ0) is 23.3. The molecule has 0 aliphatic carbocycles. The van der Waals surface area contributed by atoms with Gasteiger partial charge in [-0.3, -0.25) is 9.38 Å². The van der Waals surface area contributed by atoms with Crippen LogP contribution in [0.15, 0.2) is 60.8 Å². The Bertz CT molecular complexity index is 1510. The zero-order valence-electron chi connectivity index (χ0n) is 16.9. The van der Waals surface area contributed by atoms with Crippen LogP contribution in [0.5, 0.6) is 5.75 Å². The second-order valence-electron chi connectivity index (χ2n) is 7.26. The smallest absolute Gasteiger partial charge is 0.332 e. The number of methoxy groups -OCH3 is 1. The molecule has 0 radical (unpaired) electrons. The number of alkyl halides is 2. The maximum absolute atomic E-state index is 15.7. The molecule has 0 atom stereocenters. The molecule has 5 nitrogen and oxygen atoms in total. The van der Waals surface area contributed by atoms with E-state index in [1.165, 1.54) is 31.5 Å². The van der Waals surface area contributed by atoms with Gasteiger partial charge >= 0.3 is 5.92 Å². The zero-order valence-corrected chi connectivity index (χ0v) is 16.9. The summed E-state index contributed by atoms with van der Waals surface area (Å²) in [6, 6.07) is 9.99. The Morgan fingerprint density at radius 3 is 2.36 bits per heavy atom. The second-order valence-corrected chi connectivity index (χ2v) is 7.26. The molecule has 33 heavy (non-hydrogen) atoms. The van der Waals surface area contributed by atoms with Crippen molar-refractivity contribution in [2.24, 2.45) is 0 Å². The quantitative estimate of drug-likeness (QED) is 0.335. The number of ether oxygens (including phenoxy) is 1. The molecule has 0 saturated heterocycles. The van der Waals surface area contributed by atoms with Gasteiger partial charge in [0.2, 0.25) is 5.82 Å². The van der Waals surface area contributed by atoms with Crippen LogP contribution in [-0.2, 0) is 5.92 Å². The van der Waals surface area contributed by atoms with Gasteiger partial charge in [0.25, 0.3) is 0 Å². The van der Waals surface area contributed by atoms with Crippen molar-refractivity contribution in [1.82, 2.24) is 19.6 Å². The molecule has 0 aliphatic rings. The molecule has 0 saturated carbocycles. The van der Waals surface area contributed by atoms with Crippen molar-refractivity contribution in [3.63, 3.8) is 0 Å². The van der Waals surface area contributed by atoms with E-state index >= 15 is 8.78 Å². The Balaban J connectivity index is 1.74. The number of hydrogen-bond donors (Lipinski definition) is 0. The average Bonchev–Trinajstić information content (AvgIpc) is 3.25. The Labute approximate surface area is 183 Å². The first kappa shape index (κ1) is 20.8. The van der Waals surface area contributed by atoms with Crippen LogP contribution in [0.1, 0.15) is 11.4 Å². The van der Waals surface area contributed by atoms with Crippen molar-refractivity contribution in [1.29, 1.82) is 0 Å². The molecule has 3 aromatic heterocycles. The van der Waals surface area contributed by atoms with Crippen LogP contribution >= 0.6 is 0 Å². The molecule has 0 bridgehead atoms. The lowest BCUT2D eigenvalue weighted by atomic mass is 10.0. The maximum Gasteiger partial charge on any atom is 0.332 e. The van der Waals surface area contributed by atoms with Crippen LogP contribution in [0, 0.1) is 17.5 Å². The molecule has 5 rings (SSSR count). The van der Waals surface area contributed by atoms with Gasteiger partial charge in [0.15, 0.2) is 11.5 Å². The van der Waals surface area contributed by atoms with E-state index in [-0.39, 0.29) is 11.3 Å². The van der Waals surface area contributed by atoms with Gasteiger partial charge in [-0.15, -0.1) is 10.2 Å². The van der Waals surface area contributed by atoms with Crippen LogP contribution in [0.3, 0.4) is 0 Å². The Morgan fingerprint density at radius 2 is 1.64 bits per heavy atom. The van der Waals surface area contributed by atoms with E-state index in [0.29, 0.717) is 22.7 Å². The molecule has 0 spiro atoms. The SMILES string of the molecule is COc1cnc2ccc(C(F)(F)c3nnc4c(F)ccc(-c5cc(F)cc(F)c5)n34)cc2c1. The largest absolute Gasteiger partial charge is 0.495 e. The first-order valence-corrected chi connectivity index (χ1v) is 9.60. The molecule has 5 aromatic rings. The molecular formula is C23H13F5N4O. The molecule has 0 aliphatic heterocycles. The summed E-state index contributed by atoms with van der Waals surface area (Å²) >= 11 is 0. The fraction of sp³-hybridized carbons (Fsp3) is 0.0870. The number of rotatable bonds is 4. The van der Waals surface area contributed by atoms with E-state index in [1.54, 1.807) is 6.07 Å². The molecule has 166 valence electrons. The number of benzene rings is 2. The summed E-state index contributed by atoms with van der Waals surface area (Å²) < 4.78 is 79.3. The third kappa shape index (κ3) is 3.43. The summed E-state index contributed by atoms with van der Waals surface area (Å²) in [5, 5.41) is 7.50. The van der Waals surface area contributed by atoms with E-state index in [1.807, 2.05) is 0 Å². The van der Waals surface area contributed by atoms with Gasteiger partial charge in [-0.2, -0.15) is 8.78 Å². The number of nitrogens with zero attached hydrogens (tertiary/aromatic N) is 4.